The fraction of sp³-hybridized carbons (Fsp3) is 0.133. The summed E-state index contributed by atoms with van der Waals surface area (Å²) in [4.78, 5) is 4.02. The SMILES string of the molecule is COc1ccc(-c2nnc(Cc3ccc(Cl)nc3)o2)cc1. The van der Waals surface area contributed by atoms with Crippen molar-refractivity contribution in [2.24, 2.45) is 0 Å². The summed E-state index contributed by atoms with van der Waals surface area (Å²) in [6, 6.07) is 11.1. The normalized spacial score (nSPS) is 10.6. The van der Waals surface area contributed by atoms with Crippen molar-refractivity contribution in [3.05, 3.63) is 59.2 Å². The number of hydrogen-bond donors (Lipinski definition) is 0. The first kappa shape index (κ1) is 13.6. The molecule has 0 saturated carbocycles. The third-order valence-electron chi connectivity index (χ3n) is 2.95. The van der Waals surface area contributed by atoms with E-state index in [0.29, 0.717) is 23.4 Å². The Morgan fingerprint density at radius 3 is 2.57 bits per heavy atom. The molecule has 106 valence electrons. The molecule has 0 atom stereocenters. The smallest absolute Gasteiger partial charge is 0.247 e. The maximum atomic E-state index is 5.75. The van der Waals surface area contributed by atoms with Crippen molar-refractivity contribution in [3.8, 4) is 17.2 Å². The summed E-state index contributed by atoms with van der Waals surface area (Å²) in [7, 11) is 1.62. The zero-order valence-electron chi connectivity index (χ0n) is 11.3. The highest BCUT2D eigenvalue weighted by molar-refractivity contribution is 6.29. The molecule has 21 heavy (non-hydrogen) atoms. The Morgan fingerprint density at radius 2 is 1.90 bits per heavy atom. The molecule has 5 nitrogen and oxygen atoms in total. The highest BCUT2D eigenvalue weighted by atomic mass is 35.5. The third kappa shape index (κ3) is 3.20. The number of rotatable bonds is 4. The van der Waals surface area contributed by atoms with Gasteiger partial charge in [0.15, 0.2) is 0 Å². The van der Waals surface area contributed by atoms with E-state index < -0.39 is 0 Å². The van der Waals surface area contributed by atoms with Crippen LogP contribution in [0.2, 0.25) is 5.15 Å². The molecule has 3 rings (SSSR count). The molecule has 2 heterocycles. The van der Waals surface area contributed by atoms with E-state index in [0.717, 1.165) is 16.9 Å². The topological polar surface area (TPSA) is 61.0 Å². The van der Waals surface area contributed by atoms with Gasteiger partial charge in [0.05, 0.1) is 13.5 Å². The number of hydrogen-bond acceptors (Lipinski definition) is 5. The minimum atomic E-state index is 0.461. The summed E-state index contributed by atoms with van der Waals surface area (Å²) in [5.41, 5.74) is 1.81. The lowest BCUT2D eigenvalue weighted by molar-refractivity contribution is 0.415. The van der Waals surface area contributed by atoms with Crippen LogP contribution in [-0.2, 0) is 6.42 Å². The number of aromatic nitrogens is 3. The molecule has 2 aromatic heterocycles. The van der Waals surface area contributed by atoms with Crippen LogP contribution in [0.15, 0.2) is 47.0 Å². The Morgan fingerprint density at radius 1 is 1.10 bits per heavy atom. The van der Waals surface area contributed by atoms with E-state index in [2.05, 4.69) is 15.2 Å². The average molecular weight is 302 g/mol. The lowest BCUT2D eigenvalue weighted by atomic mass is 10.2. The third-order valence-corrected chi connectivity index (χ3v) is 3.17. The van der Waals surface area contributed by atoms with E-state index in [1.165, 1.54) is 0 Å². The van der Waals surface area contributed by atoms with Gasteiger partial charge in [-0.25, -0.2) is 4.98 Å². The molecule has 0 aliphatic heterocycles. The Hall–Kier alpha value is -2.40. The van der Waals surface area contributed by atoms with Gasteiger partial charge < -0.3 is 9.15 Å². The molecule has 0 aliphatic rings. The summed E-state index contributed by atoms with van der Waals surface area (Å²) in [5, 5.41) is 8.56. The number of methoxy groups -OCH3 is 1. The zero-order chi connectivity index (χ0) is 14.7. The Bertz CT molecular complexity index is 723. The highest BCUT2D eigenvalue weighted by Gasteiger charge is 2.09. The van der Waals surface area contributed by atoms with Crippen molar-refractivity contribution in [1.82, 2.24) is 15.2 Å². The highest BCUT2D eigenvalue weighted by Crippen LogP contribution is 2.22. The van der Waals surface area contributed by atoms with Crippen molar-refractivity contribution >= 4 is 11.6 Å². The number of benzene rings is 1. The van der Waals surface area contributed by atoms with Crippen LogP contribution in [0.3, 0.4) is 0 Å². The van der Waals surface area contributed by atoms with Gasteiger partial charge in [0.25, 0.3) is 0 Å². The largest absolute Gasteiger partial charge is 0.497 e. The van der Waals surface area contributed by atoms with Gasteiger partial charge in [0, 0.05) is 11.8 Å². The van der Waals surface area contributed by atoms with Crippen LogP contribution in [-0.4, -0.2) is 22.3 Å². The van der Waals surface area contributed by atoms with Gasteiger partial charge in [-0.1, -0.05) is 17.7 Å². The number of nitrogens with zero attached hydrogens (tertiary/aromatic N) is 3. The van der Waals surface area contributed by atoms with Crippen molar-refractivity contribution < 1.29 is 9.15 Å². The molecule has 3 aromatic rings. The summed E-state index contributed by atoms with van der Waals surface area (Å²) in [6.45, 7) is 0. The molecule has 0 bridgehead atoms. The van der Waals surface area contributed by atoms with Gasteiger partial charge >= 0.3 is 0 Å². The lowest BCUT2D eigenvalue weighted by Gasteiger charge is -1.99. The zero-order valence-corrected chi connectivity index (χ0v) is 12.0. The van der Waals surface area contributed by atoms with Crippen LogP contribution in [0.25, 0.3) is 11.5 Å². The van der Waals surface area contributed by atoms with E-state index in [4.69, 9.17) is 20.8 Å². The maximum absolute atomic E-state index is 5.75. The molecule has 0 saturated heterocycles. The fourth-order valence-corrected chi connectivity index (χ4v) is 1.97. The maximum Gasteiger partial charge on any atom is 0.247 e. The van der Waals surface area contributed by atoms with Crippen molar-refractivity contribution in [2.75, 3.05) is 7.11 Å². The van der Waals surface area contributed by atoms with Gasteiger partial charge in [-0.05, 0) is 35.9 Å². The summed E-state index contributed by atoms with van der Waals surface area (Å²) in [6.07, 6.45) is 2.22. The van der Waals surface area contributed by atoms with Crippen LogP contribution in [0.4, 0.5) is 0 Å². The average Bonchev–Trinajstić information content (AvgIpc) is 2.98. The molecule has 0 unspecified atom stereocenters. The molecule has 0 fully saturated rings. The van der Waals surface area contributed by atoms with E-state index in [1.54, 1.807) is 19.4 Å². The number of pyridine rings is 1. The molecule has 0 amide bonds. The van der Waals surface area contributed by atoms with E-state index in [-0.39, 0.29) is 0 Å². The minimum Gasteiger partial charge on any atom is -0.497 e. The van der Waals surface area contributed by atoms with Gasteiger partial charge in [0.2, 0.25) is 11.8 Å². The fourth-order valence-electron chi connectivity index (χ4n) is 1.86. The molecular weight excluding hydrogens is 290 g/mol. The predicted molar refractivity (Wildman–Crippen MR) is 78.3 cm³/mol. The lowest BCUT2D eigenvalue weighted by Crippen LogP contribution is -1.89. The standard InChI is InChI=1S/C15H12ClN3O2/c1-20-12-5-3-11(4-6-12)15-19-18-14(21-15)8-10-2-7-13(16)17-9-10/h2-7,9H,8H2,1H3. The van der Waals surface area contributed by atoms with Crippen LogP contribution in [0, 0.1) is 0 Å². The first-order valence-electron chi connectivity index (χ1n) is 6.32. The Labute approximate surface area is 126 Å². The van der Waals surface area contributed by atoms with Crippen LogP contribution >= 0.6 is 11.6 Å². The second kappa shape index (κ2) is 5.93. The second-order valence-electron chi connectivity index (χ2n) is 4.40. The van der Waals surface area contributed by atoms with Crippen molar-refractivity contribution in [1.29, 1.82) is 0 Å². The first-order valence-corrected chi connectivity index (χ1v) is 6.69. The van der Waals surface area contributed by atoms with Gasteiger partial charge in [0.1, 0.15) is 10.9 Å². The van der Waals surface area contributed by atoms with Crippen LogP contribution < -0.4 is 4.74 Å². The number of ether oxygens (including phenoxy) is 1. The Kier molecular flexibility index (Phi) is 3.83. The molecule has 1 aromatic carbocycles. The van der Waals surface area contributed by atoms with E-state index in [9.17, 15) is 0 Å². The van der Waals surface area contributed by atoms with E-state index in [1.807, 2.05) is 30.3 Å². The van der Waals surface area contributed by atoms with Crippen molar-refractivity contribution in [3.63, 3.8) is 0 Å². The summed E-state index contributed by atoms with van der Waals surface area (Å²) in [5.74, 6) is 1.80. The van der Waals surface area contributed by atoms with Crippen LogP contribution in [0.1, 0.15) is 11.5 Å². The molecule has 0 N–H and O–H groups in total. The van der Waals surface area contributed by atoms with Crippen molar-refractivity contribution in [2.45, 2.75) is 6.42 Å². The molecule has 0 spiro atoms. The second-order valence-corrected chi connectivity index (χ2v) is 4.78. The van der Waals surface area contributed by atoms with Crippen LogP contribution in [0.5, 0.6) is 5.75 Å². The van der Waals surface area contributed by atoms with Gasteiger partial charge in [-0.2, -0.15) is 0 Å². The molecule has 0 aliphatic carbocycles. The Balaban J connectivity index is 1.77. The molecule has 0 radical (unpaired) electrons. The molecule has 6 heteroatoms. The predicted octanol–water partition coefficient (Wildman–Crippen LogP) is 3.38. The minimum absolute atomic E-state index is 0.461. The quantitative estimate of drug-likeness (QED) is 0.691. The monoisotopic (exact) mass is 301 g/mol. The van der Waals surface area contributed by atoms with Gasteiger partial charge in [-0.15, -0.1) is 10.2 Å². The summed E-state index contributed by atoms with van der Waals surface area (Å²) >= 11 is 5.75. The number of halogens is 1. The van der Waals surface area contributed by atoms with Gasteiger partial charge in [-0.3, -0.25) is 0 Å². The van der Waals surface area contributed by atoms with E-state index >= 15 is 0 Å². The first-order chi connectivity index (χ1) is 10.2. The molecular formula is C15H12ClN3O2. The summed E-state index contributed by atoms with van der Waals surface area (Å²) < 4.78 is 10.8.